The molecule has 1 fully saturated rings. The lowest BCUT2D eigenvalue weighted by atomic mass is 10.0. The summed E-state index contributed by atoms with van der Waals surface area (Å²) < 4.78 is 5.46. The second kappa shape index (κ2) is 5.30. The fourth-order valence-corrected chi connectivity index (χ4v) is 2.39. The number of nitrogens with zero attached hydrogens (tertiary/aromatic N) is 1. The Morgan fingerprint density at radius 1 is 1.44 bits per heavy atom. The van der Waals surface area contributed by atoms with Crippen LogP contribution in [-0.4, -0.2) is 23.8 Å². The van der Waals surface area contributed by atoms with Crippen LogP contribution in [-0.2, 0) is 4.79 Å². The van der Waals surface area contributed by atoms with Gasteiger partial charge in [-0.05, 0) is 45.0 Å². The molecule has 0 bridgehead atoms. The van der Waals surface area contributed by atoms with Crippen LogP contribution >= 0.6 is 0 Å². The molecule has 1 unspecified atom stereocenters. The third-order valence-electron chi connectivity index (χ3n) is 3.18. The number of Topliss-reactive ketones (excluding diaryl/α,β-unsaturated/α-hetero) is 1. The quantitative estimate of drug-likeness (QED) is 0.784. The van der Waals surface area contributed by atoms with Crippen molar-refractivity contribution in [3.8, 4) is 0 Å². The molecule has 1 aromatic rings. The van der Waals surface area contributed by atoms with Gasteiger partial charge in [0.1, 0.15) is 11.5 Å². The average molecular weight is 221 g/mol. The number of furan rings is 1. The van der Waals surface area contributed by atoms with Gasteiger partial charge in [0.05, 0.1) is 12.3 Å². The Bertz CT molecular complexity index is 326. The first kappa shape index (κ1) is 11.4. The molecule has 0 spiro atoms. The van der Waals surface area contributed by atoms with Gasteiger partial charge in [-0.15, -0.1) is 0 Å². The zero-order valence-electron chi connectivity index (χ0n) is 9.82. The molecular formula is C13H19NO2. The normalized spacial score (nSPS) is 19.6. The summed E-state index contributed by atoms with van der Waals surface area (Å²) in [6.45, 7) is 3.82. The van der Waals surface area contributed by atoms with Gasteiger partial charge in [-0.25, -0.2) is 0 Å². The van der Waals surface area contributed by atoms with E-state index in [1.165, 1.54) is 19.3 Å². The molecule has 1 aliphatic rings. The van der Waals surface area contributed by atoms with Gasteiger partial charge < -0.3 is 4.42 Å². The standard InChI is InChI=1S/C13H19NO2/c1-11(15)10-12(13-6-5-9-16-13)14-7-3-2-4-8-14/h5-6,9,12H,2-4,7-8,10H2,1H3. The van der Waals surface area contributed by atoms with Crippen LogP contribution in [0.2, 0.25) is 0 Å². The Hall–Kier alpha value is -1.09. The van der Waals surface area contributed by atoms with E-state index in [0.29, 0.717) is 6.42 Å². The molecule has 3 heteroatoms. The molecule has 0 radical (unpaired) electrons. The molecule has 2 heterocycles. The number of ketones is 1. The Kier molecular flexibility index (Phi) is 3.78. The lowest BCUT2D eigenvalue weighted by Gasteiger charge is -2.32. The topological polar surface area (TPSA) is 33.5 Å². The van der Waals surface area contributed by atoms with E-state index in [0.717, 1.165) is 18.8 Å². The molecule has 1 aromatic heterocycles. The van der Waals surface area contributed by atoms with Crippen LogP contribution in [0, 0.1) is 0 Å². The Morgan fingerprint density at radius 3 is 2.75 bits per heavy atom. The fraction of sp³-hybridized carbons (Fsp3) is 0.615. The summed E-state index contributed by atoms with van der Waals surface area (Å²) in [5.41, 5.74) is 0. The highest BCUT2D eigenvalue weighted by atomic mass is 16.3. The summed E-state index contributed by atoms with van der Waals surface area (Å²) in [4.78, 5) is 13.7. The van der Waals surface area contributed by atoms with Crippen LogP contribution in [0.15, 0.2) is 22.8 Å². The molecule has 0 aromatic carbocycles. The third kappa shape index (κ3) is 2.73. The Balaban J connectivity index is 2.10. The van der Waals surface area contributed by atoms with Crippen molar-refractivity contribution in [3.63, 3.8) is 0 Å². The predicted molar refractivity (Wildman–Crippen MR) is 62.2 cm³/mol. The van der Waals surface area contributed by atoms with Gasteiger partial charge in [0, 0.05) is 6.42 Å². The van der Waals surface area contributed by atoms with E-state index in [9.17, 15) is 4.79 Å². The van der Waals surface area contributed by atoms with E-state index < -0.39 is 0 Å². The number of carbonyl (C=O) groups excluding carboxylic acids is 1. The number of likely N-dealkylation sites (tertiary alicyclic amines) is 1. The first-order chi connectivity index (χ1) is 7.77. The molecule has 0 N–H and O–H groups in total. The van der Waals surface area contributed by atoms with E-state index in [2.05, 4.69) is 4.90 Å². The van der Waals surface area contributed by atoms with E-state index in [4.69, 9.17) is 4.42 Å². The average Bonchev–Trinajstić information content (AvgIpc) is 2.80. The van der Waals surface area contributed by atoms with E-state index in [1.807, 2.05) is 12.1 Å². The molecule has 16 heavy (non-hydrogen) atoms. The Morgan fingerprint density at radius 2 is 2.19 bits per heavy atom. The molecule has 1 atom stereocenters. The summed E-state index contributed by atoms with van der Waals surface area (Å²) in [5, 5.41) is 0. The number of hydrogen-bond acceptors (Lipinski definition) is 3. The van der Waals surface area contributed by atoms with Gasteiger partial charge in [-0.3, -0.25) is 9.69 Å². The molecule has 3 nitrogen and oxygen atoms in total. The van der Waals surface area contributed by atoms with Crippen molar-refractivity contribution in [3.05, 3.63) is 24.2 Å². The fourth-order valence-electron chi connectivity index (χ4n) is 2.39. The van der Waals surface area contributed by atoms with Crippen molar-refractivity contribution in [2.75, 3.05) is 13.1 Å². The first-order valence-corrected chi connectivity index (χ1v) is 6.04. The summed E-state index contributed by atoms with van der Waals surface area (Å²) in [6, 6.07) is 4.02. The summed E-state index contributed by atoms with van der Waals surface area (Å²) >= 11 is 0. The second-order valence-corrected chi connectivity index (χ2v) is 4.53. The van der Waals surface area contributed by atoms with E-state index in [-0.39, 0.29) is 11.8 Å². The molecule has 0 aliphatic carbocycles. The highest BCUT2D eigenvalue weighted by Gasteiger charge is 2.25. The number of piperidine rings is 1. The monoisotopic (exact) mass is 221 g/mol. The van der Waals surface area contributed by atoms with E-state index >= 15 is 0 Å². The molecule has 1 saturated heterocycles. The summed E-state index contributed by atoms with van der Waals surface area (Å²) in [6.07, 6.45) is 6.02. The minimum atomic E-state index is 0.146. The van der Waals surface area contributed by atoms with Gasteiger partial charge in [-0.1, -0.05) is 6.42 Å². The van der Waals surface area contributed by atoms with Gasteiger partial charge >= 0.3 is 0 Å². The van der Waals surface area contributed by atoms with Crippen molar-refractivity contribution in [1.29, 1.82) is 0 Å². The molecule has 1 aliphatic heterocycles. The first-order valence-electron chi connectivity index (χ1n) is 6.04. The zero-order chi connectivity index (χ0) is 11.4. The highest BCUT2D eigenvalue weighted by Crippen LogP contribution is 2.27. The maximum atomic E-state index is 11.3. The number of hydrogen-bond donors (Lipinski definition) is 0. The van der Waals surface area contributed by atoms with Crippen molar-refractivity contribution in [2.24, 2.45) is 0 Å². The van der Waals surface area contributed by atoms with Crippen LogP contribution in [0.4, 0.5) is 0 Å². The minimum Gasteiger partial charge on any atom is -0.468 e. The summed E-state index contributed by atoms with van der Waals surface area (Å²) in [5.74, 6) is 1.16. The van der Waals surface area contributed by atoms with Crippen molar-refractivity contribution < 1.29 is 9.21 Å². The number of rotatable bonds is 4. The predicted octanol–water partition coefficient (Wildman–Crippen LogP) is 2.79. The second-order valence-electron chi connectivity index (χ2n) is 4.53. The molecule has 88 valence electrons. The van der Waals surface area contributed by atoms with Crippen LogP contribution in [0.3, 0.4) is 0 Å². The largest absolute Gasteiger partial charge is 0.468 e. The third-order valence-corrected chi connectivity index (χ3v) is 3.18. The molecule has 0 amide bonds. The molecular weight excluding hydrogens is 202 g/mol. The SMILES string of the molecule is CC(=O)CC(c1ccco1)N1CCCCC1. The highest BCUT2D eigenvalue weighted by molar-refractivity contribution is 5.76. The maximum Gasteiger partial charge on any atom is 0.131 e. The summed E-state index contributed by atoms with van der Waals surface area (Å²) in [7, 11) is 0. The minimum absolute atomic E-state index is 0.146. The van der Waals surface area contributed by atoms with Gasteiger partial charge in [0.15, 0.2) is 0 Å². The Labute approximate surface area is 96.4 Å². The molecule has 2 rings (SSSR count). The lowest BCUT2D eigenvalue weighted by molar-refractivity contribution is -0.118. The van der Waals surface area contributed by atoms with Crippen molar-refractivity contribution in [1.82, 2.24) is 4.90 Å². The van der Waals surface area contributed by atoms with Gasteiger partial charge in [0.25, 0.3) is 0 Å². The van der Waals surface area contributed by atoms with Crippen LogP contribution in [0.1, 0.15) is 44.4 Å². The van der Waals surface area contributed by atoms with Gasteiger partial charge in [0.2, 0.25) is 0 Å². The van der Waals surface area contributed by atoms with Gasteiger partial charge in [-0.2, -0.15) is 0 Å². The van der Waals surface area contributed by atoms with Crippen molar-refractivity contribution >= 4 is 5.78 Å². The van der Waals surface area contributed by atoms with Crippen LogP contribution < -0.4 is 0 Å². The zero-order valence-corrected chi connectivity index (χ0v) is 9.82. The van der Waals surface area contributed by atoms with Crippen LogP contribution in [0.25, 0.3) is 0 Å². The lowest BCUT2D eigenvalue weighted by Crippen LogP contribution is -2.34. The smallest absolute Gasteiger partial charge is 0.131 e. The number of carbonyl (C=O) groups is 1. The molecule has 0 saturated carbocycles. The van der Waals surface area contributed by atoms with Crippen molar-refractivity contribution in [2.45, 2.75) is 38.6 Å². The maximum absolute atomic E-state index is 11.3. The van der Waals surface area contributed by atoms with E-state index in [1.54, 1.807) is 13.2 Å². The van der Waals surface area contributed by atoms with Crippen LogP contribution in [0.5, 0.6) is 0 Å².